The average molecular weight is 513 g/mol. The molecule has 0 radical (unpaired) electrons. The lowest BCUT2D eigenvalue weighted by Crippen LogP contribution is -2.70. The lowest BCUT2D eigenvalue weighted by atomic mass is 9.41. The van der Waals surface area contributed by atoms with Crippen LogP contribution in [0.4, 0.5) is 0 Å². The van der Waals surface area contributed by atoms with E-state index in [9.17, 15) is 27.9 Å². The summed E-state index contributed by atoms with van der Waals surface area (Å²) in [5.74, 6) is -1.71. The molecule has 1 heterocycles. The zero-order valence-corrected chi connectivity index (χ0v) is 21.5. The topological polar surface area (TPSA) is 133 Å². The maximum absolute atomic E-state index is 12.9. The van der Waals surface area contributed by atoms with E-state index in [0.29, 0.717) is 51.4 Å². The zero-order valence-electron chi connectivity index (χ0n) is 20.7. The summed E-state index contributed by atoms with van der Waals surface area (Å²) in [4.78, 5) is 37.0. The van der Waals surface area contributed by atoms with Gasteiger partial charge in [-0.25, -0.2) is 0 Å². The van der Waals surface area contributed by atoms with Crippen LogP contribution in [-0.2, 0) is 38.2 Å². The second-order valence-electron chi connectivity index (χ2n) is 11.9. The summed E-state index contributed by atoms with van der Waals surface area (Å²) in [6.45, 7) is 3.05. The van der Waals surface area contributed by atoms with Gasteiger partial charge in [0.1, 0.15) is 12.7 Å². The van der Waals surface area contributed by atoms with Gasteiger partial charge in [-0.1, -0.05) is 6.92 Å². The number of esters is 1. The molecule has 1 saturated heterocycles. The van der Waals surface area contributed by atoms with Gasteiger partial charge in [-0.15, -0.1) is 0 Å². The van der Waals surface area contributed by atoms with E-state index in [1.807, 2.05) is 0 Å². The smallest absolute Gasteiger partial charge is 0.302 e. The van der Waals surface area contributed by atoms with Crippen molar-refractivity contribution in [2.75, 3.05) is 19.5 Å². The van der Waals surface area contributed by atoms with Crippen LogP contribution in [-0.4, -0.2) is 67.8 Å². The van der Waals surface area contributed by atoms with Crippen LogP contribution in [0.1, 0.15) is 71.6 Å². The molecule has 35 heavy (non-hydrogen) atoms. The minimum atomic E-state index is -3.76. The second kappa shape index (κ2) is 8.07. The van der Waals surface area contributed by atoms with E-state index in [1.54, 1.807) is 0 Å². The van der Waals surface area contributed by atoms with Crippen LogP contribution in [0.25, 0.3) is 0 Å². The molecule has 0 unspecified atom stereocenters. The van der Waals surface area contributed by atoms with Crippen molar-refractivity contribution in [2.24, 2.45) is 28.6 Å². The Bertz CT molecular complexity index is 1060. The van der Waals surface area contributed by atoms with E-state index in [0.717, 1.165) is 6.26 Å². The van der Waals surface area contributed by atoms with Crippen molar-refractivity contribution >= 4 is 27.7 Å². The van der Waals surface area contributed by atoms with Gasteiger partial charge in [0, 0.05) is 30.1 Å². The molecule has 196 valence electrons. The first-order valence-corrected chi connectivity index (χ1v) is 14.5. The van der Waals surface area contributed by atoms with Gasteiger partial charge in [0.25, 0.3) is 10.1 Å². The Labute approximate surface area is 206 Å². The van der Waals surface area contributed by atoms with Crippen LogP contribution in [0, 0.1) is 28.6 Å². The average Bonchev–Trinajstić information content (AvgIpc) is 3.03. The molecule has 0 aromatic rings. The summed E-state index contributed by atoms with van der Waals surface area (Å²) in [5.41, 5.74) is -3.28. The molecule has 4 aliphatic carbocycles. The molecular formula is C25H36O9S. The highest BCUT2D eigenvalue weighted by Gasteiger charge is 2.73. The Morgan fingerprint density at radius 1 is 1.09 bits per heavy atom. The molecule has 8 atom stereocenters. The molecule has 4 saturated carbocycles. The number of fused-ring (bicyclic) bond motifs is 3. The minimum absolute atomic E-state index is 0.0429. The first-order valence-electron chi connectivity index (χ1n) is 12.7. The lowest BCUT2D eigenvalue weighted by Gasteiger charge is -2.67. The van der Waals surface area contributed by atoms with Gasteiger partial charge in [0.15, 0.2) is 0 Å². The molecule has 1 aliphatic heterocycles. The minimum Gasteiger partial charge on any atom is -0.462 e. The molecule has 10 heteroatoms. The first kappa shape index (κ1) is 25.3. The van der Waals surface area contributed by atoms with Gasteiger partial charge in [-0.2, -0.15) is 8.42 Å². The van der Waals surface area contributed by atoms with E-state index in [-0.39, 0.29) is 43.2 Å². The molecule has 0 aromatic carbocycles. The van der Waals surface area contributed by atoms with Crippen LogP contribution in [0.2, 0.25) is 0 Å². The molecule has 9 nitrogen and oxygen atoms in total. The number of aliphatic hydroxyl groups is 1. The molecule has 5 fully saturated rings. The van der Waals surface area contributed by atoms with Crippen LogP contribution in [0.5, 0.6) is 0 Å². The van der Waals surface area contributed by atoms with Crippen LogP contribution in [0.3, 0.4) is 0 Å². The molecule has 5 aliphatic rings. The van der Waals surface area contributed by atoms with Gasteiger partial charge in [-0.3, -0.25) is 18.6 Å². The van der Waals surface area contributed by atoms with E-state index >= 15 is 0 Å². The van der Waals surface area contributed by atoms with Crippen molar-refractivity contribution in [2.45, 2.75) is 88.9 Å². The Balaban J connectivity index is 1.56. The highest BCUT2D eigenvalue weighted by atomic mass is 32.2. The fourth-order valence-corrected chi connectivity index (χ4v) is 9.45. The van der Waals surface area contributed by atoms with Crippen LogP contribution < -0.4 is 0 Å². The summed E-state index contributed by atoms with van der Waals surface area (Å²) in [7, 11) is -3.76. The fraction of sp³-hybridized carbons (Fsp3) is 0.880. The number of Topliss-reactive ketones (excluding diaryl/α,β-unsaturated/α-hetero) is 2. The predicted molar refractivity (Wildman–Crippen MR) is 123 cm³/mol. The van der Waals surface area contributed by atoms with E-state index < -0.39 is 50.0 Å². The summed E-state index contributed by atoms with van der Waals surface area (Å²) < 4.78 is 41.5. The standard InChI is InChI=1S/C25H36O9S/c1-15(26)34-16-4-9-23(14-33-35(3,30)31)17-5-8-22(2)19-7-11-25(22,32-13-20(27)21(19)28)18(17)6-10-24(23,29)12-16/h16-19,29H,4-14H2,1-3H3/t16-,17-,18+,19+,22+,23+,24-,25+/m1/s1. The van der Waals surface area contributed by atoms with Crippen LogP contribution >= 0.6 is 0 Å². The summed E-state index contributed by atoms with van der Waals surface area (Å²) in [6, 6.07) is 0. The van der Waals surface area contributed by atoms with E-state index in [1.165, 1.54) is 6.92 Å². The quantitative estimate of drug-likeness (QED) is 0.341. The van der Waals surface area contributed by atoms with Crippen molar-refractivity contribution in [1.29, 1.82) is 0 Å². The van der Waals surface area contributed by atoms with Crippen molar-refractivity contribution < 1.29 is 41.6 Å². The first-order chi connectivity index (χ1) is 16.3. The molecular weight excluding hydrogens is 476 g/mol. The number of ether oxygens (including phenoxy) is 2. The number of carbonyl (C=O) groups is 3. The third kappa shape index (κ3) is 3.57. The van der Waals surface area contributed by atoms with E-state index in [4.69, 9.17) is 13.7 Å². The molecule has 5 rings (SSSR count). The van der Waals surface area contributed by atoms with Gasteiger partial charge < -0.3 is 14.6 Å². The Morgan fingerprint density at radius 3 is 2.49 bits per heavy atom. The van der Waals surface area contributed by atoms with E-state index in [2.05, 4.69) is 6.92 Å². The number of rotatable bonds is 4. The van der Waals surface area contributed by atoms with Crippen molar-refractivity contribution in [3.63, 3.8) is 0 Å². The molecule has 2 bridgehead atoms. The zero-order chi connectivity index (χ0) is 25.4. The van der Waals surface area contributed by atoms with Gasteiger partial charge in [0.2, 0.25) is 11.6 Å². The van der Waals surface area contributed by atoms with Gasteiger partial charge >= 0.3 is 5.97 Å². The number of ketones is 2. The second-order valence-corrected chi connectivity index (χ2v) is 13.5. The maximum Gasteiger partial charge on any atom is 0.302 e. The predicted octanol–water partition coefficient (Wildman–Crippen LogP) is 1.94. The third-order valence-corrected chi connectivity index (χ3v) is 11.0. The highest BCUT2D eigenvalue weighted by molar-refractivity contribution is 7.85. The van der Waals surface area contributed by atoms with Crippen molar-refractivity contribution in [1.82, 2.24) is 0 Å². The Morgan fingerprint density at radius 2 is 1.80 bits per heavy atom. The number of hydrogen-bond donors (Lipinski definition) is 1. The number of carbonyl (C=O) groups excluding carboxylic acids is 3. The monoisotopic (exact) mass is 512 g/mol. The normalized spacial score (nSPS) is 47.3. The van der Waals surface area contributed by atoms with Gasteiger partial charge in [0.05, 0.1) is 24.1 Å². The SMILES string of the molecule is CC(=O)O[C@@H]1CC[C@]2(COS(C)(=O)=O)[C@@H]3CC[C@@]4(C)[C@H]5CC[C@]4(OCC(=O)C5=O)[C@H]3CC[C@@]2(O)C1. The largest absolute Gasteiger partial charge is 0.462 e. The molecule has 0 spiro atoms. The summed E-state index contributed by atoms with van der Waals surface area (Å²) >= 11 is 0. The van der Waals surface area contributed by atoms with Crippen molar-refractivity contribution in [3.05, 3.63) is 0 Å². The maximum atomic E-state index is 12.9. The summed E-state index contributed by atoms with van der Waals surface area (Å²) in [6.07, 6.45) is 5.38. The Hall–Kier alpha value is -1.36. The molecule has 0 amide bonds. The van der Waals surface area contributed by atoms with Crippen molar-refractivity contribution in [3.8, 4) is 0 Å². The van der Waals surface area contributed by atoms with Crippen LogP contribution in [0.15, 0.2) is 0 Å². The highest BCUT2D eigenvalue weighted by Crippen LogP contribution is 2.71. The third-order valence-electron chi connectivity index (χ3n) is 10.5. The molecule has 0 aromatic heterocycles. The Kier molecular flexibility index (Phi) is 5.83. The molecule has 1 N–H and O–H groups in total. The fourth-order valence-electron chi connectivity index (χ4n) is 9.02. The van der Waals surface area contributed by atoms with Gasteiger partial charge in [-0.05, 0) is 63.2 Å². The summed E-state index contributed by atoms with van der Waals surface area (Å²) in [5, 5.41) is 12.1. The number of hydrogen-bond acceptors (Lipinski definition) is 9. The lowest BCUT2D eigenvalue weighted by molar-refractivity contribution is -0.275.